The van der Waals surface area contributed by atoms with E-state index in [1.165, 1.54) is 5.56 Å². The Bertz CT molecular complexity index is 536. The molecule has 100 valence electrons. The monoisotopic (exact) mass is 259 g/mol. The van der Waals surface area contributed by atoms with Crippen molar-refractivity contribution in [1.29, 1.82) is 0 Å². The maximum atomic E-state index is 13.1. The Balaban J connectivity index is 1.50. The van der Waals surface area contributed by atoms with E-state index in [-0.39, 0.29) is 5.82 Å². The van der Waals surface area contributed by atoms with Crippen molar-refractivity contribution < 1.29 is 4.39 Å². The van der Waals surface area contributed by atoms with E-state index in [2.05, 4.69) is 14.9 Å². The van der Waals surface area contributed by atoms with E-state index in [4.69, 9.17) is 0 Å². The summed E-state index contributed by atoms with van der Waals surface area (Å²) in [5.41, 5.74) is 2.43. The first-order valence-electron chi connectivity index (χ1n) is 6.80. The second-order valence-corrected chi connectivity index (χ2v) is 5.04. The van der Waals surface area contributed by atoms with Gasteiger partial charge in [-0.15, -0.1) is 0 Å². The van der Waals surface area contributed by atoms with Gasteiger partial charge < -0.3 is 9.88 Å². The maximum absolute atomic E-state index is 13.1. The van der Waals surface area contributed by atoms with Crippen LogP contribution in [0.4, 0.5) is 4.39 Å². The molecule has 0 fully saturated rings. The average Bonchev–Trinajstić information content (AvgIpc) is 3.03. The van der Waals surface area contributed by atoms with E-state index < -0.39 is 0 Å². The highest BCUT2D eigenvalue weighted by Crippen LogP contribution is 2.31. The molecule has 0 saturated heterocycles. The molecule has 4 heteroatoms. The van der Waals surface area contributed by atoms with Crippen molar-refractivity contribution in [2.24, 2.45) is 0 Å². The molecule has 19 heavy (non-hydrogen) atoms. The van der Waals surface area contributed by atoms with Gasteiger partial charge in [0.25, 0.3) is 0 Å². The number of benzene rings is 1. The number of rotatable bonds is 5. The summed E-state index contributed by atoms with van der Waals surface area (Å²) in [6, 6.07) is 5.54. The van der Waals surface area contributed by atoms with Crippen molar-refractivity contribution in [3.63, 3.8) is 0 Å². The van der Waals surface area contributed by atoms with Crippen LogP contribution in [0.3, 0.4) is 0 Å². The number of fused-ring (bicyclic) bond motifs is 1. The third-order valence-corrected chi connectivity index (χ3v) is 3.73. The number of nitrogens with zero attached hydrogens (tertiary/aromatic N) is 2. The Kier molecular flexibility index (Phi) is 3.60. The summed E-state index contributed by atoms with van der Waals surface area (Å²) in [5, 5.41) is 3.56. The molecule has 1 heterocycles. The van der Waals surface area contributed by atoms with Gasteiger partial charge in [0.15, 0.2) is 0 Å². The fourth-order valence-electron chi connectivity index (χ4n) is 2.76. The van der Waals surface area contributed by atoms with Crippen molar-refractivity contribution in [3.8, 4) is 0 Å². The van der Waals surface area contributed by atoms with Crippen LogP contribution < -0.4 is 5.32 Å². The van der Waals surface area contributed by atoms with Crippen molar-refractivity contribution >= 4 is 0 Å². The topological polar surface area (TPSA) is 29.9 Å². The maximum Gasteiger partial charge on any atom is 0.123 e. The summed E-state index contributed by atoms with van der Waals surface area (Å²) in [4.78, 5) is 4.02. The third-order valence-electron chi connectivity index (χ3n) is 3.73. The number of hydrogen-bond donors (Lipinski definition) is 1. The molecule has 0 amide bonds. The highest BCUT2D eigenvalue weighted by molar-refractivity contribution is 5.34. The zero-order chi connectivity index (χ0) is 13.1. The second kappa shape index (κ2) is 5.53. The summed E-state index contributed by atoms with van der Waals surface area (Å²) < 4.78 is 15.2. The van der Waals surface area contributed by atoms with E-state index in [9.17, 15) is 4.39 Å². The zero-order valence-electron chi connectivity index (χ0n) is 10.8. The fraction of sp³-hybridized carbons (Fsp3) is 0.400. The molecule has 1 aliphatic carbocycles. The first kappa shape index (κ1) is 12.4. The molecule has 0 saturated carbocycles. The molecule has 1 atom stereocenters. The number of aromatic nitrogens is 2. The molecule has 3 rings (SSSR count). The van der Waals surface area contributed by atoms with E-state index >= 15 is 0 Å². The van der Waals surface area contributed by atoms with Gasteiger partial charge in [-0.1, -0.05) is 6.07 Å². The minimum atomic E-state index is -0.125. The predicted octanol–water partition coefficient (Wildman–Crippen LogP) is 2.69. The van der Waals surface area contributed by atoms with Gasteiger partial charge in [0.2, 0.25) is 0 Å². The van der Waals surface area contributed by atoms with Crippen LogP contribution in [0.25, 0.3) is 0 Å². The van der Waals surface area contributed by atoms with Crippen LogP contribution >= 0.6 is 0 Å². The second-order valence-electron chi connectivity index (χ2n) is 5.04. The van der Waals surface area contributed by atoms with Crippen molar-refractivity contribution in [2.45, 2.75) is 31.8 Å². The number of halogens is 1. The Labute approximate surface area is 112 Å². The molecule has 0 spiro atoms. The third kappa shape index (κ3) is 2.84. The van der Waals surface area contributed by atoms with Crippen molar-refractivity contribution in [3.05, 3.63) is 53.9 Å². The smallest absolute Gasteiger partial charge is 0.123 e. The molecule has 1 aromatic heterocycles. The van der Waals surface area contributed by atoms with Crippen LogP contribution in [0.15, 0.2) is 36.9 Å². The molecular weight excluding hydrogens is 241 g/mol. The van der Waals surface area contributed by atoms with Crippen LogP contribution in [0.5, 0.6) is 0 Å². The molecule has 1 unspecified atom stereocenters. The molecule has 1 aliphatic rings. The lowest BCUT2D eigenvalue weighted by atomic mass is 10.1. The zero-order valence-corrected chi connectivity index (χ0v) is 10.8. The first-order chi connectivity index (χ1) is 9.33. The average molecular weight is 259 g/mol. The molecular formula is C15H18FN3. The number of hydrogen-bond acceptors (Lipinski definition) is 2. The van der Waals surface area contributed by atoms with Gasteiger partial charge in [0, 0.05) is 25.0 Å². The van der Waals surface area contributed by atoms with Crippen LogP contribution in [-0.2, 0) is 13.0 Å². The van der Waals surface area contributed by atoms with E-state index in [1.807, 2.05) is 18.6 Å². The Morgan fingerprint density at radius 3 is 3.21 bits per heavy atom. The normalized spacial score (nSPS) is 17.6. The van der Waals surface area contributed by atoms with Gasteiger partial charge in [0.1, 0.15) is 5.82 Å². The number of nitrogens with one attached hydrogen (secondary N) is 1. The quantitative estimate of drug-likeness (QED) is 0.837. The predicted molar refractivity (Wildman–Crippen MR) is 72.3 cm³/mol. The minimum absolute atomic E-state index is 0.125. The standard InChI is InChI=1S/C15H18FN3/c16-13-3-4-14-12(10-13)2-5-15(14)18-6-1-8-19-9-7-17-11-19/h3-4,7,9-11,15,18H,1-2,5-6,8H2. The van der Waals surface area contributed by atoms with E-state index in [0.717, 1.165) is 37.9 Å². The Hall–Kier alpha value is -1.68. The van der Waals surface area contributed by atoms with Crippen molar-refractivity contribution in [2.75, 3.05) is 6.54 Å². The van der Waals surface area contributed by atoms with Crippen LogP contribution in [0.2, 0.25) is 0 Å². The summed E-state index contributed by atoms with van der Waals surface area (Å²) in [6.45, 7) is 1.95. The molecule has 1 aromatic carbocycles. The molecule has 1 N–H and O–H groups in total. The van der Waals surface area contributed by atoms with Gasteiger partial charge in [-0.05, 0) is 49.1 Å². The Morgan fingerprint density at radius 2 is 2.37 bits per heavy atom. The fourth-order valence-corrected chi connectivity index (χ4v) is 2.76. The summed E-state index contributed by atoms with van der Waals surface area (Å²) >= 11 is 0. The van der Waals surface area contributed by atoms with Gasteiger partial charge in [-0.25, -0.2) is 9.37 Å². The number of aryl methyl sites for hydroxylation is 2. The van der Waals surface area contributed by atoms with Crippen LogP contribution in [0.1, 0.15) is 30.0 Å². The molecule has 0 radical (unpaired) electrons. The lowest BCUT2D eigenvalue weighted by Crippen LogP contribution is -2.21. The van der Waals surface area contributed by atoms with Crippen LogP contribution in [-0.4, -0.2) is 16.1 Å². The number of imidazole rings is 1. The highest BCUT2D eigenvalue weighted by Gasteiger charge is 2.21. The lowest BCUT2D eigenvalue weighted by molar-refractivity contribution is 0.499. The first-order valence-corrected chi connectivity index (χ1v) is 6.80. The molecule has 2 aromatic rings. The van der Waals surface area contributed by atoms with Gasteiger partial charge in [-0.3, -0.25) is 0 Å². The summed E-state index contributed by atoms with van der Waals surface area (Å²) in [6.07, 6.45) is 8.75. The van der Waals surface area contributed by atoms with Crippen LogP contribution in [0, 0.1) is 5.82 Å². The molecule has 0 bridgehead atoms. The highest BCUT2D eigenvalue weighted by atomic mass is 19.1. The minimum Gasteiger partial charge on any atom is -0.337 e. The lowest BCUT2D eigenvalue weighted by Gasteiger charge is -2.14. The van der Waals surface area contributed by atoms with Gasteiger partial charge >= 0.3 is 0 Å². The molecule has 3 nitrogen and oxygen atoms in total. The Morgan fingerprint density at radius 1 is 1.42 bits per heavy atom. The van der Waals surface area contributed by atoms with Gasteiger partial charge in [0.05, 0.1) is 6.33 Å². The van der Waals surface area contributed by atoms with E-state index in [0.29, 0.717) is 6.04 Å². The largest absolute Gasteiger partial charge is 0.337 e. The SMILES string of the molecule is Fc1ccc2c(c1)CCC2NCCCn1ccnc1. The molecule has 0 aliphatic heterocycles. The van der Waals surface area contributed by atoms with Gasteiger partial charge in [-0.2, -0.15) is 0 Å². The summed E-state index contributed by atoms with van der Waals surface area (Å²) in [5.74, 6) is -0.125. The summed E-state index contributed by atoms with van der Waals surface area (Å²) in [7, 11) is 0. The van der Waals surface area contributed by atoms with E-state index in [1.54, 1.807) is 18.3 Å². The van der Waals surface area contributed by atoms with Crippen molar-refractivity contribution in [1.82, 2.24) is 14.9 Å².